The van der Waals surface area contributed by atoms with Gasteiger partial charge in [0.1, 0.15) is 17.1 Å². The minimum atomic E-state index is -4.53. The van der Waals surface area contributed by atoms with E-state index in [9.17, 15) is 35.5 Å². The Hall–Kier alpha value is -3.80. The number of nitrogens with zero attached hydrogens (tertiary/aromatic N) is 4. The maximum Gasteiger partial charge on any atom is 0.416 e. The zero-order valence-corrected chi connectivity index (χ0v) is 18.1. The number of carbonyl (C=O) groups is 1. The predicted octanol–water partition coefficient (Wildman–Crippen LogP) is 6.46. The molecule has 1 amide bonds. The summed E-state index contributed by atoms with van der Waals surface area (Å²) in [6, 6.07) is 3.14. The van der Waals surface area contributed by atoms with Gasteiger partial charge in [0.25, 0.3) is 5.91 Å². The first-order valence-corrected chi connectivity index (χ1v) is 10.7. The Labute approximate surface area is 197 Å². The molecule has 2 bridgehead atoms. The molecule has 3 saturated carbocycles. The monoisotopic (exact) mass is 512 g/mol. The number of fused-ring (bicyclic) bond motifs is 3. The van der Waals surface area contributed by atoms with E-state index in [4.69, 9.17) is 5.53 Å². The number of alkyl halides is 3. The molecule has 2 aromatic carbocycles. The van der Waals surface area contributed by atoms with Gasteiger partial charge in [-0.25, -0.2) is 22.5 Å². The highest BCUT2D eigenvalue weighted by atomic mass is 19.4. The summed E-state index contributed by atoms with van der Waals surface area (Å²) in [6.07, 6.45) is -2.47. The lowest BCUT2D eigenvalue weighted by molar-refractivity contribution is -0.137. The quantitative estimate of drug-likeness (QED) is 0.138. The van der Waals surface area contributed by atoms with Crippen molar-refractivity contribution >= 4 is 22.6 Å². The van der Waals surface area contributed by atoms with Crippen LogP contribution in [-0.2, 0) is 11.6 Å². The van der Waals surface area contributed by atoms with Crippen LogP contribution in [0.3, 0.4) is 0 Å². The Kier molecular flexibility index (Phi) is 5.22. The second kappa shape index (κ2) is 7.85. The number of nitrogens with one attached hydrogen (secondary N) is 2. The summed E-state index contributed by atoms with van der Waals surface area (Å²) in [5, 5.41) is 5.07. The molecular weight excluding hydrogens is 497 g/mol. The van der Waals surface area contributed by atoms with Gasteiger partial charge in [0.2, 0.25) is 0 Å². The van der Waals surface area contributed by atoms with Crippen LogP contribution in [0.2, 0.25) is 0 Å². The van der Waals surface area contributed by atoms with Gasteiger partial charge in [0, 0.05) is 15.9 Å². The number of H-pyrrole nitrogens is 1. The van der Waals surface area contributed by atoms with E-state index in [0.717, 1.165) is 12.1 Å². The summed E-state index contributed by atoms with van der Waals surface area (Å²) in [6.45, 7) is 0. The Bertz CT molecular complexity index is 1440. The van der Waals surface area contributed by atoms with Crippen molar-refractivity contribution in [3.8, 4) is 0 Å². The molecule has 1 aromatic heterocycles. The van der Waals surface area contributed by atoms with Crippen LogP contribution in [0.25, 0.3) is 21.5 Å². The number of benzene rings is 2. The molecule has 3 aliphatic carbocycles. The van der Waals surface area contributed by atoms with Crippen molar-refractivity contribution in [1.29, 1.82) is 0 Å². The maximum atomic E-state index is 14.4. The molecule has 7 nitrogen and oxygen atoms in total. The summed E-state index contributed by atoms with van der Waals surface area (Å²) in [5.74, 6) is -8.95. The summed E-state index contributed by atoms with van der Waals surface area (Å²) in [7, 11) is 0. The SMILES string of the molecule is [N-]=[N+]=Nc1c(F)c(F)c(C(=O)NC23CCCC(c4nc5cc(C(F)(F)F)ccc5[nH]4)(C2)C3)c(F)c1F. The molecule has 3 fully saturated rings. The predicted molar refractivity (Wildman–Crippen MR) is 111 cm³/mol. The van der Waals surface area contributed by atoms with E-state index in [-0.39, 0.29) is 18.4 Å². The molecule has 6 rings (SSSR count). The summed E-state index contributed by atoms with van der Waals surface area (Å²) < 4.78 is 96.2. The summed E-state index contributed by atoms with van der Waals surface area (Å²) in [4.78, 5) is 22.2. The largest absolute Gasteiger partial charge is 0.416 e. The number of amides is 1. The first-order valence-electron chi connectivity index (χ1n) is 10.7. The third kappa shape index (κ3) is 3.55. The Morgan fingerprint density at radius 1 is 1.08 bits per heavy atom. The van der Waals surface area contributed by atoms with Gasteiger partial charge >= 0.3 is 6.18 Å². The van der Waals surface area contributed by atoms with E-state index in [1.54, 1.807) is 0 Å². The number of hydrogen-bond acceptors (Lipinski definition) is 3. The van der Waals surface area contributed by atoms with Crippen LogP contribution in [0.1, 0.15) is 53.8 Å². The van der Waals surface area contributed by atoms with Gasteiger partial charge in [-0.15, -0.1) is 0 Å². The van der Waals surface area contributed by atoms with Gasteiger partial charge in [-0.05, 0) is 49.4 Å². The zero-order chi connectivity index (χ0) is 26.0. The van der Waals surface area contributed by atoms with E-state index < -0.39 is 63.1 Å². The minimum Gasteiger partial charge on any atom is -0.346 e. The van der Waals surface area contributed by atoms with Crippen molar-refractivity contribution in [3.05, 3.63) is 68.9 Å². The van der Waals surface area contributed by atoms with Crippen LogP contribution in [0, 0.1) is 23.3 Å². The number of azide groups is 1. The molecule has 2 N–H and O–H groups in total. The fourth-order valence-electron chi connectivity index (χ4n) is 5.49. The highest BCUT2D eigenvalue weighted by molar-refractivity contribution is 5.96. The molecule has 3 aliphatic rings. The van der Waals surface area contributed by atoms with Crippen LogP contribution in [0.15, 0.2) is 23.3 Å². The molecule has 14 heteroatoms. The standard InChI is InChI=1S/C22H15F7N6O/c23-13-12(14(24)16(26)17(15(13)25)34-35-30)18(36)33-21-5-1-4-20(7-21,8-21)19-31-10-3-2-9(22(27,28)29)6-11(10)32-19/h2-3,6H,1,4-5,7-8H2,(H,31,32)(H,33,36). The van der Waals surface area contributed by atoms with E-state index in [0.29, 0.717) is 30.6 Å². The average molecular weight is 512 g/mol. The number of aromatic amines is 1. The van der Waals surface area contributed by atoms with Gasteiger partial charge in [-0.1, -0.05) is 11.5 Å². The lowest BCUT2D eigenvalue weighted by Crippen LogP contribution is -2.66. The van der Waals surface area contributed by atoms with E-state index in [1.807, 2.05) is 0 Å². The van der Waals surface area contributed by atoms with Crippen LogP contribution in [-0.4, -0.2) is 21.4 Å². The zero-order valence-electron chi connectivity index (χ0n) is 18.1. The lowest BCUT2D eigenvalue weighted by Gasteiger charge is -2.60. The molecule has 36 heavy (non-hydrogen) atoms. The molecule has 0 aliphatic heterocycles. The van der Waals surface area contributed by atoms with Crippen LogP contribution >= 0.6 is 0 Å². The average Bonchev–Trinajstić information content (AvgIpc) is 3.24. The Morgan fingerprint density at radius 2 is 1.75 bits per heavy atom. The number of hydrogen-bond donors (Lipinski definition) is 2. The first kappa shape index (κ1) is 23.9. The van der Waals surface area contributed by atoms with E-state index in [1.165, 1.54) is 6.07 Å². The number of rotatable bonds is 4. The lowest BCUT2D eigenvalue weighted by atomic mass is 9.49. The highest BCUT2D eigenvalue weighted by Crippen LogP contribution is 2.59. The van der Waals surface area contributed by atoms with Crippen LogP contribution in [0.5, 0.6) is 0 Å². The molecular formula is C22H15F7N6O. The van der Waals surface area contributed by atoms with E-state index in [2.05, 4.69) is 25.3 Å². The number of halogens is 7. The van der Waals surface area contributed by atoms with Crippen molar-refractivity contribution in [2.75, 3.05) is 0 Å². The van der Waals surface area contributed by atoms with Crippen LogP contribution < -0.4 is 5.32 Å². The molecule has 1 heterocycles. The molecule has 0 unspecified atom stereocenters. The normalized spacial score (nSPS) is 23.2. The maximum absolute atomic E-state index is 14.4. The highest BCUT2D eigenvalue weighted by Gasteiger charge is 2.60. The molecule has 0 atom stereocenters. The smallest absolute Gasteiger partial charge is 0.346 e. The minimum absolute atomic E-state index is 0.122. The van der Waals surface area contributed by atoms with Crippen molar-refractivity contribution < 1.29 is 35.5 Å². The Balaban J connectivity index is 1.42. The summed E-state index contributed by atoms with van der Waals surface area (Å²) >= 11 is 0. The molecule has 188 valence electrons. The van der Waals surface area contributed by atoms with Crippen molar-refractivity contribution in [2.45, 2.75) is 49.2 Å². The van der Waals surface area contributed by atoms with Gasteiger partial charge in [-0.2, -0.15) is 13.2 Å². The third-order valence-corrected chi connectivity index (χ3v) is 6.97. The third-order valence-electron chi connectivity index (χ3n) is 6.97. The fraction of sp³-hybridized carbons (Fsp3) is 0.364. The van der Waals surface area contributed by atoms with Crippen molar-refractivity contribution in [1.82, 2.24) is 15.3 Å². The van der Waals surface area contributed by atoms with Crippen molar-refractivity contribution in [2.24, 2.45) is 5.11 Å². The number of carbonyl (C=O) groups excluding carboxylic acids is 1. The number of aromatic nitrogens is 2. The van der Waals surface area contributed by atoms with Gasteiger partial charge < -0.3 is 10.3 Å². The van der Waals surface area contributed by atoms with Crippen molar-refractivity contribution in [3.63, 3.8) is 0 Å². The fourth-order valence-corrected chi connectivity index (χ4v) is 5.49. The second-order valence-corrected chi connectivity index (χ2v) is 9.21. The molecule has 0 saturated heterocycles. The van der Waals surface area contributed by atoms with Gasteiger partial charge in [0.05, 0.1) is 16.6 Å². The summed E-state index contributed by atoms with van der Waals surface area (Å²) in [5.41, 5.74) is 3.42. The molecule has 0 radical (unpaired) electrons. The van der Waals surface area contributed by atoms with Crippen LogP contribution in [0.4, 0.5) is 36.4 Å². The number of imidazole rings is 1. The first-order chi connectivity index (χ1) is 16.9. The topological polar surface area (TPSA) is 107 Å². The Morgan fingerprint density at radius 3 is 2.36 bits per heavy atom. The van der Waals surface area contributed by atoms with Gasteiger partial charge in [0.15, 0.2) is 23.3 Å². The molecule has 0 spiro atoms. The second-order valence-electron chi connectivity index (χ2n) is 9.21. The van der Waals surface area contributed by atoms with Gasteiger partial charge in [-0.3, -0.25) is 4.79 Å². The molecule has 3 aromatic rings. The van der Waals surface area contributed by atoms with E-state index >= 15 is 0 Å².